The molecule has 2 atom stereocenters. The van der Waals surface area contributed by atoms with E-state index in [-0.39, 0.29) is 29.9 Å². The van der Waals surface area contributed by atoms with E-state index in [4.69, 9.17) is 24.4 Å². The molecule has 2 aliphatic heterocycles. The number of ether oxygens (including phenoxy) is 3. The Labute approximate surface area is 271 Å². The third-order valence-corrected chi connectivity index (χ3v) is 8.53. The van der Waals surface area contributed by atoms with Crippen molar-refractivity contribution < 1.29 is 32.2 Å². The summed E-state index contributed by atoms with van der Waals surface area (Å²) in [6, 6.07) is 3.17. The highest BCUT2D eigenvalue weighted by atomic mass is 79.9. The first-order valence-corrected chi connectivity index (χ1v) is 16.2. The number of halogens is 4. The lowest BCUT2D eigenvalue weighted by Crippen LogP contribution is -2.47. The molecule has 1 unspecified atom stereocenters. The van der Waals surface area contributed by atoms with Crippen molar-refractivity contribution in [2.75, 3.05) is 31.6 Å². The highest BCUT2D eigenvalue weighted by molar-refractivity contribution is 9.10. The predicted octanol–water partition coefficient (Wildman–Crippen LogP) is 6.83. The Hall–Kier alpha value is -3.66. The maximum atomic E-state index is 14.5. The number of amides is 1. The molecule has 0 saturated carbocycles. The highest BCUT2D eigenvalue weighted by Gasteiger charge is 2.38. The van der Waals surface area contributed by atoms with E-state index in [1.807, 2.05) is 6.92 Å². The molecule has 4 aromatic heterocycles. The number of carbonyl (C=O) groups excluding carboxylic acids is 1. The molecule has 46 heavy (non-hydrogen) atoms. The summed E-state index contributed by atoms with van der Waals surface area (Å²) in [5.41, 5.74) is -1.19. The summed E-state index contributed by atoms with van der Waals surface area (Å²) >= 11 is 3.55. The molecule has 2 saturated heterocycles. The van der Waals surface area contributed by atoms with E-state index >= 15 is 0 Å². The number of alkyl halides is 3. The van der Waals surface area contributed by atoms with Crippen molar-refractivity contribution in [3.63, 3.8) is 0 Å². The number of nitrogens with one attached hydrogen (secondary N) is 1. The van der Waals surface area contributed by atoms with E-state index in [0.29, 0.717) is 65.9 Å². The van der Waals surface area contributed by atoms with E-state index in [1.165, 1.54) is 0 Å². The van der Waals surface area contributed by atoms with Crippen LogP contribution in [0.1, 0.15) is 71.6 Å². The van der Waals surface area contributed by atoms with Crippen molar-refractivity contribution in [3.8, 4) is 17.1 Å². The average molecular weight is 710 g/mol. The number of likely N-dealkylation sites (tertiary alicyclic amines) is 1. The molecule has 12 nitrogen and oxygen atoms in total. The van der Waals surface area contributed by atoms with Gasteiger partial charge >= 0.3 is 12.3 Å². The van der Waals surface area contributed by atoms with Crippen LogP contribution < -0.4 is 10.1 Å². The van der Waals surface area contributed by atoms with Gasteiger partial charge in [-0.15, -0.1) is 5.10 Å². The van der Waals surface area contributed by atoms with E-state index in [1.54, 1.807) is 47.0 Å². The zero-order valence-corrected chi connectivity index (χ0v) is 27.6. The molecule has 16 heteroatoms. The second-order valence-corrected chi connectivity index (χ2v) is 13.1. The third kappa shape index (κ3) is 6.46. The van der Waals surface area contributed by atoms with Gasteiger partial charge in [-0.25, -0.2) is 24.0 Å². The van der Waals surface area contributed by atoms with Crippen molar-refractivity contribution in [2.24, 2.45) is 0 Å². The number of hydrogen-bond acceptors (Lipinski definition) is 9. The highest BCUT2D eigenvalue weighted by Crippen LogP contribution is 2.42. The van der Waals surface area contributed by atoms with E-state index in [0.717, 1.165) is 19.0 Å². The van der Waals surface area contributed by atoms with Crippen molar-refractivity contribution in [2.45, 2.75) is 83.8 Å². The Balaban J connectivity index is 1.44. The van der Waals surface area contributed by atoms with Crippen LogP contribution in [0.15, 0.2) is 22.9 Å². The summed E-state index contributed by atoms with van der Waals surface area (Å²) in [7, 11) is 0. The fourth-order valence-corrected chi connectivity index (χ4v) is 6.32. The Morgan fingerprint density at radius 1 is 1.13 bits per heavy atom. The van der Waals surface area contributed by atoms with Gasteiger partial charge in [-0.05, 0) is 87.9 Å². The number of rotatable bonds is 6. The van der Waals surface area contributed by atoms with Crippen LogP contribution in [-0.4, -0.2) is 78.3 Å². The van der Waals surface area contributed by atoms with Gasteiger partial charge in [0.25, 0.3) is 0 Å². The zero-order valence-electron chi connectivity index (χ0n) is 26.0. The fraction of sp³-hybridized carbons (Fsp3) is 0.567. The normalized spacial score (nSPS) is 19.5. The number of fused-ring (bicyclic) bond motifs is 3. The first-order valence-electron chi connectivity index (χ1n) is 15.4. The van der Waals surface area contributed by atoms with Gasteiger partial charge in [-0.1, -0.05) is 0 Å². The SMILES string of the molecule is CCOc1ccc2c3c(-c4nc(N[C@H]5CCCN(C(=O)OC(C)(C)C)C5)ncc4C(F)(F)F)nn(C4CCCCO4)c3nn2c1Br. The quantitative estimate of drug-likeness (QED) is 0.215. The van der Waals surface area contributed by atoms with Crippen LogP contribution in [0.3, 0.4) is 0 Å². The van der Waals surface area contributed by atoms with Crippen LogP contribution >= 0.6 is 15.9 Å². The molecule has 1 amide bonds. The number of carbonyl (C=O) groups is 1. The van der Waals surface area contributed by atoms with Gasteiger partial charge in [-0.3, -0.25) is 0 Å². The molecule has 6 heterocycles. The molecule has 0 bridgehead atoms. The fourth-order valence-electron chi connectivity index (χ4n) is 5.80. The monoisotopic (exact) mass is 708 g/mol. The van der Waals surface area contributed by atoms with Crippen molar-refractivity contribution in [3.05, 3.63) is 28.5 Å². The van der Waals surface area contributed by atoms with E-state index in [2.05, 4.69) is 31.2 Å². The molecule has 0 spiro atoms. The second kappa shape index (κ2) is 12.5. The minimum absolute atomic E-state index is 0.00651. The summed E-state index contributed by atoms with van der Waals surface area (Å²) in [6.45, 7) is 8.96. The second-order valence-electron chi connectivity index (χ2n) is 12.4. The van der Waals surface area contributed by atoms with E-state index in [9.17, 15) is 18.0 Å². The van der Waals surface area contributed by atoms with Crippen LogP contribution in [0.4, 0.5) is 23.9 Å². The molecule has 0 radical (unpaired) electrons. The number of aromatic nitrogens is 6. The molecular weight excluding hydrogens is 673 g/mol. The van der Waals surface area contributed by atoms with Crippen molar-refractivity contribution >= 4 is 44.5 Å². The van der Waals surface area contributed by atoms with Gasteiger partial charge in [0.1, 0.15) is 27.2 Å². The maximum Gasteiger partial charge on any atom is 0.420 e. The van der Waals surface area contributed by atoms with Gasteiger partial charge in [-0.2, -0.15) is 18.3 Å². The number of hydrogen-bond donors (Lipinski definition) is 1. The predicted molar refractivity (Wildman–Crippen MR) is 167 cm³/mol. The number of anilines is 1. The van der Waals surface area contributed by atoms with E-state index < -0.39 is 29.7 Å². The molecule has 4 aromatic rings. The van der Waals surface area contributed by atoms with Gasteiger partial charge in [0.15, 0.2) is 17.6 Å². The van der Waals surface area contributed by atoms with Crippen LogP contribution in [0.5, 0.6) is 5.75 Å². The topological polar surface area (TPSA) is 121 Å². The smallest absolute Gasteiger partial charge is 0.420 e. The van der Waals surface area contributed by atoms with Crippen molar-refractivity contribution in [1.29, 1.82) is 0 Å². The Morgan fingerprint density at radius 2 is 1.93 bits per heavy atom. The molecule has 2 aliphatic rings. The Kier molecular flexibility index (Phi) is 8.78. The minimum atomic E-state index is -4.77. The molecular formula is C30H36BrF3N8O4. The van der Waals surface area contributed by atoms with Gasteiger partial charge in [0.2, 0.25) is 5.95 Å². The van der Waals surface area contributed by atoms with Gasteiger partial charge in [0, 0.05) is 31.9 Å². The summed E-state index contributed by atoms with van der Waals surface area (Å²) in [4.78, 5) is 22.8. The summed E-state index contributed by atoms with van der Waals surface area (Å²) < 4.78 is 64.5. The molecule has 0 aromatic carbocycles. The summed E-state index contributed by atoms with van der Waals surface area (Å²) in [5, 5.41) is 13.0. The number of piperidine rings is 1. The standard InChI is InChI=1S/C30H36BrF3N8O4/c1-5-44-20-12-11-19-22-24(38-42(21-10-6-7-14-45-21)26(22)39-41(19)25(20)31)23-18(30(32,33)34)15-35-27(37-23)36-17-9-8-13-40(16-17)28(43)46-29(2,3)4/h11-12,15,17,21H,5-10,13-14,16H2,1-4H3,(H,35,36,37)/t17-,21?/m0/s1. The minimum Gasteiger partial charge on any atom is -0.491 e. The number of nitrogens with zero attached hydrogens (tertiary/aromatic N) is 7. The summed E-state index contributed by atoms with van der Waals surface area (Å²) in [6.07, 6.45) is -1.21. The first kappa shape index (κ1) is 32.3. The number of pyridine rings is 1. The van der Waals surface area contributed by atoms with Crippen LogP contribution in [0.2, 0.25) is 0 Å². The summed E-state index contributed by atoms with van der Waals surface area (Å²) in [5.74, 6) is 0.527. The third-order valence-electron chi connectivity index (χ3n) is 7.80. The Morgan fingerprint density at radius 3 is 2.63 bits per heavy atom. The molecule has 2 fully saturated rings. The Bertz CT molecular complexity index is 1750. The van der Waals surface area contributed by atoms with Crippen LogP contribution in [0, 0.1) is 0 Å². The molecule has 1 N–H and O–H groups in total. The molecule has 248 valence electrons. The lowest BCUT2D eigenvalue weighted by Gasteiger charge is -2.34. The largest absolute Gasteiger partial charge is 0.491 e. The lowest BCUT2D eigenvalue weighted by atomic mass is 10.1. The van der Waals surface area contributed by atoms with Crippen molar-refractivity contribution in [1.82, 2.24) is 34.3 Å². The van der Waals surface area contributed by atoms with Gasteiger partial charge < -0.3 is 24.4 Å². The van der Waals surface area contributed by atoms with Crippen LogP contribution in [0.25, 0.3) is 27.9 Å². The van der Waals surface area contributed by atoms with Gasteiger partial charge in [0.05, 0.1) is 17.5 Å². The zero-order chi connectivity index (χ0) is 32.8. The molecule has 0 aliphatic carbocycles. The van der Waals surface area contributed by atoms with Crippen LogP contribution in [-0.2, 0) is 15.7 Å². The maximum absolute atomic E-state index is 14.5. The first-order chi connectivity index (χ1) is 21.8. The average Bonchev–Trinajstić information content (AvgIpc) is 3.56. The molecule has 6 rings (SSSR count). The lowest BCUT2D eigenvalue weighted by molar-refractivity contribution is -0.137.